The van der Waals surface area contributed by atoms with Crippen molar-refractivity contribution >= 4 is 0 Å². The van der Waals surface area contributed by atoms with Crippen molar-refractivity contribution in [2.75, 3.05) is 0 Å². The van der Waals surface area contributed by atoms with Gasteiger partial charge in [0.2, 0.25) is 0 Å². The molecular weight excluding hydrogens is 234 g/mol. The maximum absolute atomic E-state index is 10.1. The summed E-state index contributed by atoms with van der Waals surface area (Å²) in [6, 6.07) is 10.2. The summed E-state index contributed by atoms with van der Waals surface area (Å²) < 4.78 is 0. The van der Waals surface area contributed by atoms with Crippen LogP contribution in [0.25, 0.3) is 0 Å². The highest BCUT2D eigenvalue weighted by Gasteiger charge is 2.26. The molecule has 1 aliphatic rings. The number of hydrogen-bond acceptors (Lipinski definition) is 2. The molecule has 1 atom stereocenters. The lowest BCUT2D eigenvalue weighted by Crippen LogP contribution is -2.25. The number of hydrogen-bond donors (Lipinski definition) is 1. The average molecular weight is 257 g/mol. The Morgan fingerprint density at radius 2 is 1.84 bits per heavy atom. The Labute approximate surface area is 116 Å². The van der Waals surface area contributed by atoms with Gasteiger partial charge in [0, 0.05) is 0 Å². The van der Waals surface area contributed by atoms with E-state index in [0.717, 1.165) is 44.1 Å². The van der Waals surface area contributed by atoms with Gasteiger partial charge in [-0.05, 0) is 61.6 Å². The second-order valence-electron chi connectivity index (χ2n) is 5.70. The van der Waals surface area contributed by atoms with Crippen molar-refractivity contribution in [3.05, 3.63) is 35.4 Å². The molecular formula is C17H23NO. The van der Waals surface area contributed by atoms with Crippen LogP contribution < -0.4 is 0 Å². The first-order valence-electron chi connectivity index (χ1n) is 7.42. The molecule has 0 heterocycles. The van der Waals surface area contributed by atoms with Crippen LogP contribution in [0.5, 0.6) is 0 Å². The first kappa shape index (κ1) is 14.1. The first-order chi connectivity index (χ1) is 9.24. The third kappa shape index (κ3) is 3.58. The molecule has 0 aliphatic heterocycles. The monoisotopic (exact) mass is 257 g/mol. The highest BCUT2D eigenvalue weighted by Crippen LogP contribution is 2.37. The topological polar surface area (TPSA) is 44.0 Å². The number of nitriles is 1. The van der Waals surface area contributed by atoms with Crippen molar-refractivity contribution in [3.63, 3.8) is 0 Å². The molecule has 0 bridgehead atoms. The molecule has 0 spiro atoms. The fourth-order valence-corrected chi connectivity index (χ4v) is 3.20. The zero-order valence-electron chi connectivity index (χ0n) is 11.7. The van der Waals surface area contributed by atoms with Gasteiger partial charge in [-0.3, -0.25) is 0 Å². The van der Waals surface area contributed by atoms with Gasteiger partial charge in [0.05, 0.1) is 17.7 Å². The normalized spacial score (nSPS) is 24.7. The molecule has 102 valence electrons. The third-order valence-corrected chi connectivity index (χ3v) is 4.41. The Hall–Kier alpha value is -1.33. The van der Waals surface area contributed by atoms with Crippen LogP contribution in [0.15, 0.2) is 24.3 Å². The minimum absolute atomic E-state index is 0.105. The van der Waals surface area contributed by atoms with Crippen LogP contribution >= 0.6 is 0 Å². The van der Waals surface area contributed by atoms with Gasteiger partial charge in [-0.2, -0.15) is 5.26 Å². The van der Waals surface area contributed by atoms with Crippen LogP contribution in [0.2, 0.25) is 0 Å². The van der Waals surface area contributed by atoms with Crippen molar-refractivity contribution in [2.24, 2.45) is 5.92 Å². The van der Waals surface area contributed by atoms with Gasteiger partial charge in [-0.15, -0.1) is 0 Å². The van der Waals surface area contributed by atoms with E-state index in [-0.39, 0.29) is 6.10 Å². The van der Waals surface area contributed by atoms with Crippen LogP contribution in [0.1, 0.15) is 62.5 Å². The van der Waals surface area contributed by atoms with Gasteiger partial charge in [0.15, 0.2) is 0 Å². The lowest BCUT2D eigenvalue weighted by atomic mass is 9.76. The van der Waals surface area contributed by atoms with Crippen LogP contribution in [0.3, 0.4) is 0 Å². The Morgan fingerprint density at radius 1 is 1.21 bits per heavy atom. The number of aliphatic hydroxyl groups excluding tert-OH is 1. The van der Waals surface area contributed by atoms with E-state index >= 15 is 0 Å². The molecule has 0 saturated heterocycles. The van der Waals surface area contributed by atoms with Crippen LogP contribution in [0, 0.1) is 17.2 Å². The summed E-state index contributed by atoms with van der Waals surface area (Å²) in [4.78, 5) is 0. The predicted octanol–water partition coefficient (Wildman–Crippen LogP) is 3.99. The maximum atomic E-state index is 10.1. The molecule has 19 heavy (non-hydrogen) atoms. The van der Waals surface area contributed by atoms with E-state index in [1.54, 1.807) is 0 Å². The third-order valence-electron chi connectivity index (χ3n) is 4.41. The molecule has 1 unspecified atom stereocenters. The van der Waals surface area contributed by atoms with Gasteiger partial charge in [0.25, 0.3) is 0 Å². The smallest absolute Gasteiger partial charge is 0.0991 e. The van der Waals surface area contributed by atoms with Crippen molar-refractivity contribution in [1.29, 1.82) is 5.26 Å². The number of benzene rings is 1. The van der Waals surface area contributed by atoms with Gasteiger partial charge in [0.1, 0.15) is 0 Å². The Bertz CT molecular complexity index is 424. The second-order valence-corrected chi connectivity index (χ2v) is 5.70. The van der Waals surface area contributed by atoms with Crippen molar-refractivity contribution in [2.45, 2.75) is 57.5 Å². The SMILES string of the molecule is CCCC(O)C1CCC(c2ccc(C#N)cc2)CC1. The van der Waals surface area contributed by atoms with Gasteiger partial charge in [-0.1, -0.05) is 25.5 Å². The summed E-state index contributed by atoms with van der Waals surface area (Å²) in [6.45, 7) is 2.13. The van der Waals surface area contributed by atoms with Gasteiger partial charge in [-0.25, -0.2) is 0 Å². The molecule has 1 aromatic rings. The minimum atomic E-state index is -0.105. The quantitative estimate of drug-likeness (QED) is 0.886. The highest BCUT2D eigenvalue weighted by atomic mass is 16.3. The maximum Gasteiger partial charge on any atom is 0.0991 e. The Balaban J connectivity index is 1.90. The first-order valence-corrected chi connectivity index (χ1v) is 7.42. The zero-order chi connectivity index (χ0) is 13.7. The molecule has 2 rings (SSSR count). The number of aliphatic hydroxyl groups is 1. The largest absolute Gasteiger partial charge is 0.393 e. The van der Waals surface area contributed by atoms with Gasteiger partial charge < -0.3 is 5.11 Å². The van der Waals surface area contributed by atoms with Gasteiger partial charge >= 0.3 is 0 Å². The second kappa shape index (κ2) is 6.73. The lowest BCUT2D eigenvalue weighted by molar-refractivity contribution is 0.0730. The average Bonchev–Trinajstić information content (AvgIpc) is 2.48. The van der Waals surface area contributed by atoms with Crippen molar-refractivity contribution in [3.8, 4) is 6.07 Å². The minimum Gasteiger partial charge on any atom is -0.393 e. The molecule has 0 amide bonds. The molecule has 1 aromatic carbocycles. The summed E-state index contributed by atoms with van der Waals surface area (Å²) in [7, 11) is 0. The molecule has 1 N–H and O–H groups in total. The fraction of sp³-hybridized carbons (Fsp3) is 0.588. The molecule has 0 radical (unpaired) electrons. The van der Waals surface area contributed by atoms with E-state index < -0.39 is 0 Å². The Morgan fingerprint density at radius 3 is 2.37 bits per heavy atom. The number of rotatable bonds is 4. The van der Waals surface area contributed by atoms with E-state index in [4.69, 9.17) is 5.26 Å². The van der Waals surface area contributed by atoms with Crippen LogP contribution in [-0.2, 0) is 0 Å². The van der Waals surface area contributed by atoms with E-state index in [1.807, 2.05) is 12.1 Å². The van der Waals surface area contributed by atoms with E-state index in [9.17, 15) is 5.11 Å². The summed E-state index contributed by atoms with van der Waals surface area (Å²) in [5, 5.41) is 18.9. The summed E-state index contributed by atoms with van der Waals surface area (Å²) in [5.74, 6) is 1.10. The zero-order valence-corrected chi connectivity index (χ0v) is 11.7. The molecule has 1 fully saturated rings. The van der Waals surface area contributed by atoms with Crippen molar-refractivity contribution in [1.82, 2.24) is 0 Å². The molecule has 2 nitrogen and oxygen atoms in total. The molecule has 0 aromatic heterocycles. The van der Waals surface area contributed by atoms with E-state index in [0.29, 0.717) is 11.8 Å². The summed E-state index contributed by atoms with van der Waals surface area (Å²) in [5.41, 5.74) is 2.08. The summed E-state index contributed by atoms with van der Waals surface area (Å²) >= 11 is 0. The molecule has 2 heteroatoms. The van der Waals surface area contributed by atoms with E-state index in [2.05, 4.69) is 25.1 Å². The molecule has 1 saturated carbocycles. The Kier molecular flexibility index (Phi) is 4.99. The van der Waals surface area contributed by atoms with Crippen LogP contribution in [0.4, 0.5) is 0 Å². The van der Waals surface area contributed by atoms with Crippen molar-refractivity contribution < 1.29 is 5.11 Å². The lowest BCUT2D eigenvalue weighted by Gasteiger charge is -2.31. The predicted molar refractivity (Wildman–Crippen MR) is 76.8 cm³/mol. The highest BCUT2D eigenvalue weighted by molar-refractivity contribution is 5.33. The number of nitrogens with zero attached hydrogens (tertiary/aromatic N) is 1. The standard InChI is InChI=1S/C17H23NO/c1-2-3-17(19)16-10-8-15(9-11-16)14-6-4-13(12-18)5-7-14/h4-7,15-17,19H,2-3,8-11H2,1H3. The fourth-order valence-electron chi connectivity index (χ4n) is 3.20. The molecule has 1 aliphatic carbocycles. The van der Waals surface area contributed by atoms with E-state index in [1.165, 1.54) is 5.56 Å². The van der Waals surface area contributed by atoms with Crippen LogP contribution in [-0.4, -0.2) is 11.2 Å². The summed E-state index contributed by atoms with van der Waals surface area (Å²) in [6.07, 6.45) is 6.49.